The standard InChI is InChI=1S/C12H18F3N3O2/c1-19-8-10-16-11(20-17-10)7-18-4-2-9(3-5-18)6-12(13,14)15/h9H,2-8H2,1H3. The number of hydrogen-bond donors (Lipinski definition) is 0. The highest BCUT2D eigenvalue weighted by Gasteiger charge is 2.33. The third-order valence-electron chi connectivity index (χ3n) is 3.37. The number of nitrogens with zero attached hydrogens (tertiary/aromatic N) is 3. The van der Waals surface area contributed by atoms with Crippen molar-refractivity contribution in [2.45, 2.75) is 38.6 Å². The molecule has 0 amide bonds. The van der Waals surface area contributed by atoms with Crippen LogP contribution in [0, 0.1) is 5.92 Å². The van der Waals surface area contributed by atoms with Gasteiger partial charge in [-0.3, -0.25) is 4.90 Å². The Kier molecular flexibility index (Phi) is 4.98. The fourth-order valence-electron chi connectivity index (χ4n) is 2.41. The molecular formula is C12H18F3N3O2. The van der Waals surface area contributed by atoms with Crippen molar-refractivity contribution < 1.29 is 22.4 Å². The number of halogens is 3. The largest absolute Gasteiger partial charge is 0.389 e. The first-order valence-corrected chi connectivity index (χ1v) is 6.56. The zero-order valence-corrected chi connectivity index (χ0v) is 11.3. The molecule has 0 N–H and O–H groups in total. The number of likely N-dealkylation sites (tertiary alicyclic amines) is 1. The van der Waals surface area contributed by atoms with Crippen molar-refractivity contribution in [3.05, 3.63) is 11.7 Å². The molecule has 0 spiro atoms. The first-order valence-electron chi connectivity index (χ1n) is 6.56. The van der Waals surface area contributed by atoms with Gasteiger partial charge in [0.2, 0.25) is 5.89 Å². The second-order valence-electron chi connectivity index (χ2n) is 5.08. The summed E-state index contributed by atoms with van der Waals surface area (Å²) in [5.41, 5.74) is 0. The van der Waals surface area contributed by atoms with Crippen LogP contribution < -0.4 is 0 Å². The van der Waals surface area contributed by atoms with E-state index in [1.54, 1.807) is 7.11 Å². The number of rotatable bonds is 5. The van der Waals surface area contributed by atoms with Crippen LogP contribution in [0.15, 0.2) is 4.52 Å². The van der Waals surface area contributed by atoms with Gasteiger partial charge in [0.05, 0.1) is 6.54 Å². The van der Waals surface area contributed by atoms with Crippen molar-refractivity contribution in [3.63, 3.8) is 0 Å². The zero-order valence-electron chi connectivity index (χ0n) is 11.3. The Morgan fingerprint density at radius 3 is 2.65 bits per heavy atom. The molecule has 0 saturated carbocycles. The Morgan fingerprint density at radius 1 is 1.35 bits per heavy atom. The van der Waals surface area contributed by atoms with Crippen LogP contribution in [0.3, 0.4) is 0 Å². The molecule has 114 valence electrons. The number of hydrogen-bond acceptors (Lipinski definition) is 5. The van der Waals surface area contributed by atoms with Gasteiger partial charge >= 0.3 is 6.18 Å². The Morgan fingerprint density at radius 2 is 2.05 bits per heavy atom. The molecule has 1 aromatic rings. The summed E-state index contributed by atoms with van der Waals surface area (Å²) in [5.74, 6) is 0.693. The molecule has 2 heterocycles. The van der Waals surface area contributed by atoms with E-state index < -0.39 is 12.6 Å². The first-order chi connectivity index (χ1) is 9.46. The van der Waals surface area contributed by atoms with Crippen LogP contribution in [0.5, 0.6) is 0 Å². The lowest BCUT2D eigenvalue weighted by molar-refractivity contribution is -0.147. The van der Waals surface area contributed by atoms with Gasteiger partial charge in [-0.1, -0.05) is 5.16 Å². The Hall–Kier alpha value is -1.15. The fraction of sp³-hybridized carbons (Fsp3) is 0.833. The highest BCUT2D eigenvalue weighted by molar-refractivity contribution is 4.86. The molecule has 1 fully saturated rings. The number of methoxy groups -OCH3 is 1. The summed E-state index contributed by atoms with van der Waals surface area (Å²) in [6, 6.07) is 0. The third kappa shape index (κ3) is 4.75. The van der Waals surface area contributed by atoms with E-state index in [-0.39, 0.29) is 12.5 Å². The normalized spacial score (nSPS) is 18.6. The van der Waals surface area contributed by atoms with E-state index >= 15 is 0 Å². The Balaban J connectivity index is 1.76. The molecular weight excluding hydrogens is 275 g/mol. The number of aromatic nitrogens is 2. The van der Waals surface area contributed by atoms with Gasteiger partial charge in [-0.25, -0.2) is 0 Å². The van der Waals surface area contributed by atoms with E-state index in [1.165, 1.54) is 0 Å². The molecule has 1 aromatic heterocycles. The minimum atomic E-state index is -4.06. The maximum atomic E-state index is 12.3. The van der Waals surface area contributed by atoms with E-state index in [0.717, 1.165) is 0 Å². The van der Waals surface area contributed by atoms with E-state index in [1.807, 2.05) is 4.90 Å². The van der Waals surface area contributed by atoms with Gasteiger partial charge in [-0.15, -0.1) is 0 Å². The number of alkyl halides is 3. The summed E-state index contributed by atoms with van der Waals surface area (Å²) in [7, 11) is 1.54. The lowest BCUT2D eigenvalue weighted by atomic mass is 9.93. The highest BCUT2D eigenvalue weighted by Crippen LogP contribution is 2.31. The van der Waals surface area contributed by atoms with E-state index in [9.17, 15) is 13.2 Å². The van der Waals surface area contributed by atoms with Crippen LogP contribution >= 0.6 is 0 Å². The number of ether oxygens (including phenoxy) is 1. The molecule has 8 heteroatoms. The average Bonchev–Trinajstić information content (AvgIpc) is 2.78. The fourth-order valence-corrected chi connectivity index (χ4v) is 2.41. The molecule has 0 bridgehead atoms. The Labute approximate surface area is 115 Å². The van der Waals surface area contributed by atoms with E-state index in [4.69, 9.17) is 9.26 Å². The van der Waals surface area contributed by atoms with E-state index in [2.05, 4.69) is 10.1 Å². The SMILES string of the molecule is COCc1noc(CN2CCC(CC(F)(F)F)CC2)n1. The summed E-state index contributed by atoms with van der Waals surface area (Å²) < 4.78 is 46.9. The van der Waals surface area contributed by atoms with Crippen molar-refractivity contribution in [1.29, 1.82) is 0 Å². The molecule has 5 nitrogen and oxygen atoms in total. The second kappa shape index (κ2) is 6.53. The molecule has 0 atom stereocenters. The van der Waals surface area contributed by atoms with Crippen LogP contribution in [-0.2, 0) is 17.9 Å². The van der Waals surface area contributed by atoms with E-state index in [0.29, 0.717) is 44.2 Å². The minimum Gasteiger partial charge on any atom is -0.377 e. The molecule has 1 aliphatic rings. The average molecular weight is 293 g/mol. The predicted molar refractivity (Wildman–Crippen MR) is 63.7 cm³/mol. The minimum absolute atomic E-state index is 0.266. The topological polar surface area (TPSA) is 51.4 Å². The molecule has 0 aliphatic carbocycles. The van der Waals surface area contributed by atoms with Gasteiger partial charge in [-0.2, -0.15) is 18.2 Å². The smallest absolute Gasteiger partial charge is 0.377 e. The Bertz CT molecular complexity index is 414. The summed E-state index contributed by atoms with van der Waals surface area (Å²) in [5, 5.41) is 3.75. The predicted octanol–water partition coefficient (Wildman–Crippen LogP) is 2.38. The third-order valence-corrected chi connectivity index (χ3v) is 3.37. The van der Waals surface area contributed by atoms with Gasteiger partial charge < -0.3 is 9.26 Å². The van der Waals surface area contributed by atoms with Gasteiger partial charge in [0, 0.05) is 13.5 Å². The lowest BCUT2D eigenvalue weighted by Crippen LogP contribution is -2.34. The number of piperidine rings is 1. The molecule has 1 aliphatic heterocycles. The van der Waals surface area contributed by atoms with Crippen LogP contribution in [0.4, 0.5) is 13.2 Å². The van der Waals surface area contributed by atoms with Crippen molar-refractivity contribution in [2.24, 2.45) is 5.92 Å². The maximum Gasteiger partial charge on any atom is 0.389 e. The molecule has 0 unspecified atom stereocenters. The monoisotopic (exact) mass is 293 g/mol. The molecule has 1 saturated heterocycles. The summed E-state index contributed by atoms with van der Waals surface area (Å²) in [4.78, 5) is 6.19. The lowest BCUT2D eigenvalue weighted by Gasteiger charge is -2.31. The summed E-state index contributed by atoms with van der Waals surface area (Å²) in [6.07, 6.45) is -3.63. The van der Waals surface area contributed by atoms with Crippen molar-refractivity contribution >= 4 is 0 Å². The second-order valence-corrected chi connectivity index (χ2v) is 5.08. The highest BCUT2D eigenvalue weighted by atomic mass is 19.4. The van der Waals surface area contributed by atoms with Crippen molar-refractivity contribution in [3.8, 4) is 0 Å². The molecule has 2 rings (SSSR count). The van der Waals surface area contributed by atoms with Crippen LogP contribution in [0.25, 0.3) is 0 Å². The quantitative estimate of drug-likeness (QED) is 0.834. The zero-order chi connectivity index (χ0) is 14.6. The molecule has 20 heavy (non-hydrogen) atoms. The summed E-state index contributed by atoms with van der Waals surface area (Å²) >= 11 is 0. The van der Waals surface area contributed by atoms with Crippen molar-refractivity contribution in [2.75, 3.05) is 20.2 Å². The van der Waals surface area contributed by atoms with Gasteiger partial charge in [0.25, 0.3) is 0 Å². The van der Waals surface area contributed by atoms with Crippen LogP contribution in [-0.4, -0.2) is 41.4 Å². The van der Waals surface area contributed by atoms with Crippen LogP contribution in [0.2, 0.25) is 0 Å². The van der Waals surface area contributed by atoms with Gasteiger partial charge in [-0.05, 0) is 31.8 Å². The molecule has 0 radical (unpaired) electrons. The first kappa shape index (κ1) is 15.2. The maximum absolute atomic E-state index is 12.3. The van der Waals surface area contributed by atoms with Crippen molar-refractivity contribution in [1.82, 2.24) is 15.0 Å². The van der Waals surface area contributed by atoms with Crippen LogP contribution in [0.1, 0.15) is 31.0 Å². The van der Waals surface area contributed by atoms with Gasteiger partial charge in [0.1, 0.15) is 6.61 Å². The molecule has 0 aromatic carbocycles. The summed E-state index contributed by atoms with van der Waals surface area (Å²) in [6.45, 7) is 2.03. The van der Waals surface area contributed by atoms with Gasteiger partial charge in [0.15, 0.2) is 5.82 Å².